The van der Waals surface area contributed by atoms with Gasteiger partial charge in [0.25, 0.3) is 11.8 Å². The van der Waals surface area contributed by atoms with Crippen molar-refractivity contribution in [3.63, 3.8) is 0 Å². The van der Waals surface area contributed by atoms with Crippen molar-refractivity contribution in [1.29, 1.82) is 0 Å². The van der Waals surface area contributed by atoms with E-state index in [9.17, 15) is 13.6 Å². The predicted molar refractivity (Wildman–Crippen MR) is 99.4 cm³/mol. The Bertz CT molecular complexity index is 1200. The molecule has 10 heteroatoms. The first-order valence-corrected chi connectivity index (χ1v) is 9.36. The molecule has 0 aliphatic carbocycles. The molecule has 4 aromatic rings. The third-order valence-electron chi connectivity index (χ3n) is 4.65. The molecule has 0 spiro atoms. The van der Waals surface area contributed by atoms with E-state index in [1.54, 1.807) is 33.9 Å². The molecular formula is C18H14F2N6OS. The normalized spacial score (nSPS) is 15.8. The Hall–Kier alpha value is -3.14. The number of likely N-dealkylation sites (tertiary alicyclic amines) is 1. The van der Waals surface area contributed by atoms with E-state index in [0.717, 1.165) is 27.2 Å². The van der Waals surface area contributed by atoms with E-state index in [4.69, 9.17) is 0 Å². The number of fused-ring (bicyclic) bond motifs is 1. The van der Waals surface area contributed by atoms with Gasteiger partial charge in [0.05, 0.1) is 30.4 Å². The molecule has 1 fully saturated rings. The van der Waals surface area contributed by atoms with Gasteiger partial charge in [-0.1, -0.05) is 0 Å². The first kappa shape index (κ1) is 17.0. The van der Waals surface area contributed by atoms with Crippen LogP contribution in [0.3, 0.4) is 0 Å². The number of rotatable bonds is 3. The molecule has 1 amide bonds. The average Bonchev–Trinajstić information content (AvgIpc) is 3.37. The maximum absolute atomic E-state index is 13.0. The highest BCUT2D eigenvalue weighted by atomic mass is 32.1. The molecule has 5 rings (SSSR count). The van der Waals surface area contributed by atoms with Crippen LogP contribution in [0.1, 0.15) is 9.67 Å². The molecule has 7 nitrogen and oxygen atoms in total. The van der Waals surface area contributed by atoms with Crippen LogP contribution in [0, 0.1) is 0 Å². The number of amides is 1. The Morgan fingerprint density at radius 2 is 1.89 bits per heavy atom. The number of halogens is 2. The maximum atomic E-state index is 13.0. The number of carbonyl (C=O) groups excluding carboxylic acids is 1. The largest absolute Gasteiger partial charge is 0.326 e. The van der Waals surface area contributed by atoms with E-state index in [2.05, 4.69) is 15.2 Å². The molecule has 1 aliphatic heterocycles. The van der Waals surface area contributed by atoms with Crippen molar-refractivity contribution in [3.05, 3.63) is 47.3 Å². The maximum Gasteiger partial charge on any atom is 0.282 e. The predicted octanol–water partition coefficient (Wildman–Crippen LogP) is 2.95. The summed E-state index contributed by atoms with van der Waals surface area (Å²) >= 11 is 1.23. The van der Waals surface area contributed by atoms with E-state index in [1.807, 2.05) is 24.8 Å². The molecule has 4 aromatic heterocycles. The van der Waals surface area contributed by atoms with Crippen LogP contribution in [0.5, 0.6) is 0 Å². The van der Waals surface area contributed by atoms with Crippen LogP contribution in [0.4, 0.5) is 8.78 Å². The second kappa shape index (κ2) is 5.93. The molecule has 5 heterocycles. The fourth-order valence-electron chi connectivity index (χ4n) is 3.20. The number of hydrogen-bond acceptors (Lipinski definition) is 5. The molecule has 142 valence electrons. The lowest BCUT2D eigenvalue weighted by Gasteiger charge is -2.38. The Balaban J connectivity index is 1.44. The summed E-state index contributed by atoms with van der Waals surface area (Å²) < 4.78 is 29.4. The molecule has 0 bridgehead atoms. The standard InChI is InChI=1S/C18H14F2N6OS/c1-24-6-13(4-22-24)12-3-21-16-14(5-23-26(16)7-12)11-2-15(28-8-11)17(27)25-9-18(19,20)10-25/h2-8H,9-10H2,1H3. The van der Waals surface area contributed by atoms with Gasteiger partial charge in [-0.05, 0) is 17.0 Å². The quantitative estimate of drug-likeness (QED) is 0.530. The fraction of sp³-hybridized carbons (Fsp3) is 0.222. The van der Waals surface area contributed by atoms with E-state index < -0.39 is 19.0 Å². The van der Waals surface area contributed by atoms with Crippen LogP contribution in [-0.4, -0.2) is 54.2 Å². The first-order valence-electron chi connectivity index (χ1n) is 8.48. The zero-order chi connectivity index (χ0) is 19.5. The van der Waals surface area contributed by atoms with Gasteiger partial charge in [0, 0.05) is 42.3 Å². The molecular weight excluding hydrogens is 386 g/mol. The van der Waals surface area contributed by atoms with Gasteiger partial charge in [-0.15, -0.1) is 11.3 Å². The topological polar surface area (TPSA) is 68.3 Å². The molecule has 0 radical (unpaired) electrons. The summed E-state index contributed by atoms with van der Waals surface area (Å²) in [6.45, 7) is -1.04. The monoisotopic (exact) mass is 400 g/mol. The molecule has 0 saturated carbocycles. The molecule has 0 atom stereocenters. The lowest BCUT2D eigenvalue weighted by Crippen LogP contribution is -2.58. The zero-order valence-corrected chi connectivity index (χ0v) is 15.5. The first-order chi connectivity index (χ1) is 13.4. The summed E-state index contributed by atoms with van der Waals surface area (Å²) in [4.78, 5) is 18.4. The van der Waals surface area contributed by atoms with Crippen molar-refractivity contribution >= 4 is 22.9 Å². The molecule has 0 aromatic carbocycles. The Morgan fingerprint density at radius 1 is 1.11 bits per heavy atom. The summed E-state index contributed by atoms with van der Waals surface area (Å²) in [6, 6.07) is 1.71. The third-order valence-corrected chi connectivity index (χ3v) is 5.57. The highest BCUT2D eigenvalue weighted by Crippen LogP contribution is 2.33. The van der Waals surface area contributed by atoms with Crippen LogP contribution in [0.2, 0.25) is 0 Å². The number of hydrogen-bond donors (Lipinski definition) is 0. The van der Waals surface area contributed by atoms with Crippen LogP contribution in [0.15, 0.2) is 42.4 Å². The summed E-state index contributed by atoms with van der Waals surface area (Å²) in [5, 5.41) is 10.3. The minimum Gasteiger partial charge on any atom is -0.326 e. The summed E-state index contributed by atoms with van der Waals surface area (Å²) in [5.41, 5.74) is 4.04. The average molecular weight is 400 g/mol. The highest BCUT2D eigenvalue weighted by Gasteiger charge is 2.46. The highest BCUT2D eigenvalue weighted by molar-refractivity contribution is 7.12. The van der Waals surface area contributed by atoms with E-state index in [-0.39, 0.29) is 5.91 Å². The van der Waals surface area contributed by atoms with Gasteiger partial charge in [0.2, 0.25) is 0 Å². The van der Waals surface area contributed by atoms with Crippen LogP contribution in [0.25, 0.3) is 27.9 Å². The van der Waals surface area contributed by atoms with Gasteiger partial charge in [0.1, 0.15) is 0 Å². The van der Waals surface area contributed by atoms with Crippen molar-refractivity contribution in [3.8, 4) is 22.3 Å². The van der Waals surface area contributed by atoms with E-state index >= 15 is 0 Å². The van der Waals surface area contributed by atoms with Crippen LogP contribution < -0.4 is 0 Å². The second-order valence-corrected chi connectivity index (χ2v) is 7.70. The number of aryl methyl sites for hydroxylation is 1. The SMILES string of the molecule is Cn1cc(-c2cnc3c(-c4csc(C(=O)N5CC(F)(F)C5)c4)cnn3c2)cn1. The van der Waals surface area contributed by atoms with Crippen molar-refractivity contribution in [2.24, 2.45) is 7.05 Å². The van der Waals surface area contributed by atoms with Crippen LogP contribution >= 0.6 is 11.3 Å². The Labute approximate surface area is 161 Å². The summed E-state index contributed by atoms with van der Waals surface area (Å²) in [7, 11) is 1.85. The lowest BCUT2D eigenvalue weighted by atomic mass is 10.1. The van der Waals surface area contributed by atoms with Gasteiger partial charge in [-0.3, -0.25) is 9.48 Å². The Morgan fingerprint density at radius 3 is 2.61 bits per heavy atom. The summed E-state index contributed by atoms with van der Waals surface area (Å²) in [6.07, 6.45) is 8.94. The number of nitrogens with zero attached hydrogens (tertiary/aromatic N) is 6. The molecule has 28 heavy (non-hydrogen) atoms. The Kier molecular flexibility index (Phi) is 3.60. The molecule has 1 saturated heterocycles. The van der Waals surface area contributed by atoms with Gasteiger partial charge >= 0.3 is 0 Å². The molecule has 0 unspecified atom stereocenters. The van der Waals surface area contributed by atoms with E-state index in [0.29, 0.717) is 10.5 Å². The lowest BCUT2D eigenvalue weighted by molar-refractivity contribution is -0.112. The van der Waals surface area contributed by atoms with E-state index in [1.165, 1.54) is 11.3 Å². The van der Waals surface area contributed by atoms with Crippen molar-refractivity contribution in [2.75, 3.05) is 13.1 Å². The second-order valence-electron chi connectivity index (χ2n) is 6.79. The minimum absolute atomic E-state index is 0.370. The number of thiophene rings is 1. The van der Waals surface area contributed by atoms with Crippen molar-refractivity contribution in [1.82, 2.24) is 29.3 Å². The van der Waals surface area contributed by atoms with Gasteiger partial charge in [0.15, 0.2) is 5.65 Å². The summed E-state index contributed by atoms with van der Waals surface area (Å²) in [5.74, 6) is -3.14. The number of aromatic nitrogens is 5. The zero-order valence-electron chi connectivity index (χ0n) is 14.7. The fourth-order valence-corrected chi connectivity index (χ4v) is 4.07. The minimum atomic E-state index is -2.77. The van der Waals surface area contributed by atoms with Crippen LogP contribution in [-0.2, 0) is 7.05 Å². The molecule has 1 aliphatic rings. The van der Waals surface area contributed by atoms with Gasteiger partial charge in [-0.25, -0.2) is 18.3 Å². The van der Waals surface area contributed by atoms with Gasteiger partial charge in [-0.2, -0.15) is 10.2 Å². The number of carbonyl (C=O) groups is 1. The smallest absolute Gasteiger partial charge is 0.282 e. The van der Waals surface area contributed by atoms with Crippen molar-refractivity contribution < 1.29 is 13.6 Å². The number of alkyl halides is 2. The third kappa shape index (κ3) is 2.76. The van der Waals surface area contributed by atoms with Gasteiger partial charge < -0.3 is 4.90 Å². The van der Waals surface area contributed by atoms with Crippen molar-refractivity contribution in [2.45, 2.75) is 5.92 Å². The molecule has 0 N–H and O–H groups in total.